The molecule has 2 amide bonds. The van der Waals surface area contributed by atoms with Crippen molar-refractivity contribution in [3.63, 3.8) is 0 Å². The summed E-state index contributed by atoms with van der Waals surface area (Å²) in [7, 11) is 0.402. The molecule has 0 aromatic heterocycles. The monoisotopic (exact) mass is 642 g/mol. The van der Waals surface area contributed by atoms with Crippen LogP contribution in [0.3, 0.4) is 0 Å². The van der Waals surface area contributed by atoms with Gasteiger partial charge in [0, 0.05) is 33.8 Å². The quantitative estimate of drug-likeness (QED) is 0.122. The van der Waals surface area contributed by atoms with E-state index >= 15 is 0 Å². The van der Waals surface area contributed by atoms with Crippen LogP contribution in [0, 0.1) is 0 Å². The van der Waals surface area contributed by atoms with Gasteiger partial charge < -0.3 is 28.4 Å². The summed E-state index contributed by atoms with van der Waals surface area (Å²) in [6.07, 6.45) is -1.60. The third-order valence-electron chi connectivity index (χ3n) is 7.05. The van der Waals surface area contributed by atoms with Gasteiger partial charge in [0.1, 0.15) is 11.2 Å². The molecule has 0 fully saturated rings. The molecule has 2 rings (SSSR count). The summed E-state index contributed by atoms with van der Waals surface area (Å²) in [5.74, 6) is -0.611. The highest BCUT2D eigenvalue weighted by atomic mass is 28.4. The van der Waals surface area contributed by atoms with Crippen molar-refractivity contribution in [2.45, 2.75) is 97.5 Å². The fourth-order valence-corrected chi connectivity index (χ4v) is 9.49. The number of nitrogens with zero attached hydrogens (tertiary/aromatic N) is 2. The van der Waals surface area contributed by atoms with E-state index in [2.05, 4.69) is 45.0 Å². The van der Waals surface area contributed by atoms with Crippen molar-refractivity contribution in [3.8, 4) is 0 Å². The zero-order valence-corrected chi connectivity index (χ0v) is 30.1. The number of hydrogen-bond donors (Lipinski definition) is 0. The molecule has 0 bridgehead atoms. The molecule has 1 atom stereocenters. The number of amides is 2. The van der Waals surface area contributed by atoms with Crippen molar-refractivity contribution in [2.75, 3.05) is 33.8 Å². The minimum Gasteiger partial charge on any atom is -0.457 e. The second-order valence-corrected chi connectivity index (χ2v) is 18.7. The average Bonchev–Trinajstić information content (AvgIpc) is 2.93. The highest BCUT2D eigenvalue weighted by Gasteiger charge is 2.50. The topological polar surface area (TPSA) is 94.6 Å². The molecule has 0 N–H and O–H groups in total. The SMILES string of the molecule is CN(CCN(C)C(=O)OC(C)(C)C)C(=O)O[C@@H](CCCO[Si](c1ccccc1)(c1ccccc1)C(C)(C)C)C(=O)OC(C)(C)C. The van der Waals surface area contributed by atoms with E-state index in [4.69, 9.17) is 18.6 Å². The number of likely N-dealkylation sites (N-methyl/N-ethyl adjacent to an activating group) is 2. The van der Waals surface area contributed by atoms with Crippen molar-refractivity contribution in [2.24, 2.45) is 0 Å². The maximum atomic E-state index is 13.2. The maximum Gasteiger partial charge on any atom is 0.410 e. The molecule has 0 unspecified atom stereocenters. The van der Waals surface area contributed by atoms with Crippen LogP contribution >= 0.6 is 0 Å². The summed E-state index contributed by atoms with van der Waals surface area (Å²) in [5.41, 5.74) is -1.38. The molecular formula is C35H54N2O7Si. The number of hydrogen-bond acceptors (Lipinski definition) is 7. The second-order valence-electron chi connectivity index (χ2n) is 14.4. The molecule has 45 heavy (non-hydrogen) atoms. The first-order chi connectivity index (χ1) is 20.8. The van der Waals surface area contributed by atoms with Crippen LogP contribution in [0.15, 0.2) is 60.7 Å². The van der Waals surface area contributed by atoms with Crippen LogP contribution in [0.4, 0.5) is 9.59 Å². The van der Waals surface area contributed by atoms with Gasteiger partial charge in [0.05, 0.1) is 0 Å². The van der Waals surface area contributed by atoms with Gasteiger partial charge in [-0.2, -0.15) is 0 Å². The van der Waals surface area contributed by atoms with E-state index in [-0.39, 0.29) is 24.5 Å². The maximum absolute atomic E-state index is 13.2. The Hall–Kier alpha value is -3.37. The van der Waals surface area contributed by atoms with Crippen LogP contribution in [-0.2, 0) is 23.4 Å². The lowest BCUT2D eigenvalue weighted by atomic mass is 10.1. The fraction of sp³-hybridized carbons (Fsp3) is 0.571. The molecule has 0 aliphatic carbocycles. The standard InChI is InChI=1S/C35H54N2O7Si/c1-33(2,3)43-30(38)29(42-31(39)36(10)24-25-37(11)32(40)44-34(4,5)6)23-18-26-41-45(35(7,8)9,27-19-14-12-15-20-27)28-21-16-13-17-22-28/h12-17,19-22,29H,18,23-26H2,1-11H3/t29-/m0/s1. The number of esters is 1. The first kappa shape index (κ1) is 37.8. The minimum atomic E-state index is -2.76. The van der Waals surface area contributed by atoms with E-state index in [0.717, 1.165) is 10.4 Å². The van der Waals surface area contributed by atoms with Crippen LogP contribution in [0.1, 0.15) is 75.2 Å². The van der Waals surface area contributed by atoms with E-state index in [1.165, 1.54) is 9.80 Å². The predicted molar refractivity (Wildman–Crippen MR) is 180 cm³/mol. The van der Waals surface area contributed by atoms with Gasteiger partial charge in [0.25, 0.3) is 8.32 Å². The summed E-state index contributed by atoms with van der Waals surface area (Å²) in [5, 5.41) is 2.13. The average molecular weight is 643 g/mol. The lowest BCUT2D eigenvalue weighted by Gasteiger charge is -2.43. The lowest BCUT2D eigenvalue weighted by Crippen LogP contribution is -2.66. The van der Waals surface area contributed by atoms with Crippen molar-refractivity contribution < 1.29 is 33.0 Å². The van der Waals surface area contributed by atoms with Gasteiger partial charge in [-0.3, -0.25) is 0 Å². The molecule has 10 heteroatoms. The zero-order valence-electron chi connectivity index (χ0n) is 29.1. The van der Waals surface area contributed by atoms with Crippen LogP contribution < -0.4 is 10.4 Å². The minimum absolute atomic E-state index is 0.187. The van der Waals surface area contributed by atoms with Gasteiger partial charge in [-0.1, -0.05) is 81.4 Å². The van der Waals surface area contributed by atoms with Gasteiger partial charge in [-0.25, -0.2) is 14.4 Å². The molecule has 2 aromatic rings. The summed E-state index contributed by atoms with van der Waals surface area (Å²) in [4.78, 5) is 41.3. The Morgan fingerprint density at radius 1 is 0.689 bits per heavy atom. The first-order valence-corrected chi connectivity index (χ1v) is 17.5. The normalized spacial score (nSPS) is 13.0. The Bertz CT molecular complexity index is 1200. The van der Waals surface area contributed by atoms with E-state index in [9.17, 15) is 14.4 Å². The number of carbonyl (C=O) groups excluding carboxylic acids is 3. The van der Waals surface area contributed by atoms with Gasteiger partial charge in [0.2, 0.25) is 6.10 Å². The van der Waals surface area contributed by atoms with E-state index in [0.29, 0.717) is 13.0 Å². The van der Waals surface area contributed by atoms with Crippen LogP contribution in [0.2, 0.25) is 5.04 Å². The summed E-state index contributed by atoms with van der Waals surface area (Å²) >= 11 is 0. The smallest absolute Gasteiger partial charge is 0.410 e. The number of carbonyl (C=O) groups is 3. The molecule has 0 radical (unpaired) electrons. The molecular weight excluding hydrogens is 588 g/mol. The second kappa shape index (κ2) is 15.8. The Balaban J connectivity index is 2.17. The van der Waals surface area contributed by atoms with Gasteiger partial charge in [0.15, 0.2) is 0 Å². The van der Waals surface area contributed by atoms with Crippen molar-refractivity contribution in [1.29, 1.82) is 0 Å². The first-order valence-electron chi connectivity index (χ1n) is 15.6. The predicted octanol–water partition coefficient (Wildman–Crippen LogP) is 5.99. The van der Waals surface area contributed by atoms with Crippen LogP contribution in [0.5, 0.6) is 0 Å². The Labute approximate surface area is 271 Å². The van der Waals surface area contributed by atoms with Crippen LogP contribution in [0.25, 0.3) is 0 Å². The number of benzene rings is 2. The molecule has 0 spiro atoms. The fourth-order valence-electron chi connectivity index (χ4n) is 4.88. The largest absolute Gasteiger partial charge is 0.457 e. The van der Waals surface area contributed by atoms with Gasteiger partial charge in [-0.05, 0) is 69.8 Å². The van der Waals surface area contributed by atoms with Crippen molar-refractivity contribution in [3.05, 3.63) is 60.7 Å². The van der Waals surface area contributed by atoms with Gasteiger partial charge >= 0.3 is 18.2 Å². The molecule has 0 saturated heterocycles. The summed E-state index contributed by atoms with van der Waals surface area (Å²) in [6.45, 7) is 18.1. The van der Waals surface area contributed by atoms with Gasteiger partial charge in [-0.15, -0.1) is 0 Å². The van der Waals surface area contributed by atoms with Crippen LogP contribution in [-0.4, -0.2) is 87.4 Å². The third kappa shape index (κ3) is 11.5. The molecule has 0 aliphatic rings. The van der Waals surface area contributed by atoms with Crippen molar-refractivity contribution >= 4 is 36.8 Å². The van der Waals surface area contributed by atoms with E-state index < -0.39 is 43.8 Å². The zero-order chi connectivity index (χ0) is 34.1. The molecule has 2 aromatic carbocycles. The van der Waals surface area contributed by atoms with E-state index in [1.807, 2.05) is 36.4 Å². The Morgan fingerprint density at radius 3 is 1.56 bits per heavy atom. The number of rotatable bonds is 12. The summed E-state index contributed by atoms with van der Waals surface area (Å²) in [6, 6.07) is 20.7. The Kier molecular flexibility index (Phi) is 13.2. The molecule has 0 aliphatic heterocycles. The molecule has 250 valence electrons. The lowest BCUT2D eigenvalue weighted by molar-refractivity contribution is -0.166. The van der Waals surface area contributed by atoms with Crippen molar-refractivity contribution in [1.82, 2.24) is 9.80 Å². The summed E-state index contributed by atoms with van der Waals surface area (Å²) < 4.78 is 23.6. The molecule has 0 heterocycles. The van der Waals surface area contributed by atoms with E-state index in [1.54, 1.807) is 55.6 Å². The highest BCUT2D eigenvalue weighted by Crippen LogP contribution is 2.37. The number of ether oxygens (including phenoxy) is 3. The molecule has 0 saturated carbocycles. The Morgan fingerprint density at radius 2 is 1.13 bits per heavy atom. The highest BCUT2D eigenvalue weighted by molar-refractivity contribution is 6.99. The third-order valence-corrected chi connectivity index (χ3v) is 12.1. The molecule has 9 nitrogen and oxygen atoms in total.